The molecule has 0 saturated heterocycles. The van der Waals surface area contributed by atoms with Crippen molar-refractivity contribution in [1.82, 2.24) is 0 Å². The molecule has 0 bridgehead atoms. The highest BCUT2D eigenvalue weighted by Crippen LogP contribution is 2.42. The first-order valence-electron chi connectivity index (χ1n) is 18.5. The molecule has 3 heteroatoms. The lowest BCUT2D eigenvalue weighted by molar-refractivity contribution is -0.136. The zero-order valence-electron chi connectivity index (χ0n) is 31.5. The minimum Gasteiger partial charge on any atom is -0.508 e. The topological polar surface area (TPSA) is 46.5 Å². The molecule has 2 aromatic rings. The van der Waals surface area contributed by atoms with Crippen LogP contribution < -0.4 is 0 Å². The predicted molar refractivity (Wildman–Crippen MR) is 199 cm³/mol. The van der Waals surface area contributed by atoms with Crippen LogP contribution in [0.15, 0.2) is 30.8 Å². The van der Waals surface area contributed by atoms with Gasteiger partial charge in [0.05, 0.1) is 12.2 Å². The first-order valence-corrected chi connectivity index (χ1v) is 18.5. The number of hydrogen-bond donors (Lipinski definition) is 1. The predicted octanol–water partition coefficient (Wildman–Crippen LogP) is 12.8. The van der Waals surface area contributed by atoms with Crippen molar-refractivity contribution in [3.05, 3.63) is 69.8 Å². The molecule has 3 nitrogen and oxygen atoms in total. The summed E-state index contributed by atoms with van der Waals surface area (Å²) in [5.74, 6) is 0.243. The van der Waals surface area contributed by atoms with Crippen molar-refractivity contribution in [3.8, 4) is 5.75 Å². The molecule has 0 aliphatic carbocycles. The standard InChI is InChI=1S/C43H68O3/c1-12-14-15-16-17-18-19-20-21-22-23-24-26-46-41(45)33(5)37-27-31(3)35(29-38(37)42(6,7)8)34(25-13-2)36-30-39(43(9,10)11)40(44)28-32(36)4/h27-30,34,44H,5,12-26H2,1-4,6-11H3. The van der Waals surface area contributed by atoms with Gasteiger partial charge < -0.3 is 9.84 Å². The number of ether oxygens (including phenoxy) is 1. The van der Waals surface area contributed by atoms with Gasteiger partial charge in [0.15, 0.2) is 0 Å². The van der Waals surface area contributed by atoms with E-state index in [-0.39, 0.29) is 22.7 Å². The number of carbonyl (C=O) groups is 1. The average Bonchev–Trinajstić information content (AvgIpc) is 2.97. The van der Waals surface area contributed by atoms with E-state index in [0.29, 0.717) is 17.9 Å². The Morgan fingerprint density at radius 3 is 1.63 bits per heavy atom. The molecule has 1 unspecified atom stereocenters. The van der Waals surface area contributed by atoms with Crippen LogP contribution >= 0.6 is 0 Å². The summed E-state index contributed by atoms with van der Waals surface area (Å²) in [5.41, 5.74) is 7.89. The first kappa shape index (κ1) is 39.6. The van der Waals surface area contributed by atoms with E-state index in [1.54, 1.807) is 0 Å². The molecule has 0 aromatic heterocycles. The Kier molecular flexibility index (Phi) is 16.1. The third-order valence-electron chi connectivity index (χ3n) is 9.54. The van der Waals surface area contributed by atoms with Crippen molar-refractivity contribution < 1.29 is 14.6 Å². The van der Waals surface area contributed by atoms with Gasteiger partial charge in [0.2, 0.25) is 0 Å². The van der Waals surface area contributed by atoms with E-state index in [0.717, 1.165) is 53.5 Å². The van der Waals surface area contributed by atoms with Crippen LogP contribution in [0.1, 0.15) is 190 Å². The van der Waals surface area contributed by atoms with Crippen molar-refractivity contribution >= 4 is 11.5 Å². The number of unbranched alkanes of at least 4 members (excludes halogenated alkanes) is 11. The maximum atomic E-state index is 13.2. The van der Waals surface area contributed by atoms with Crippen LogP contribution in [0.3, 0.4) is 0 Å². The molecule has 0 radical (unpaired) electrons. The number of hydrogen-bond acceptors (Lipinski definition) is 3. The van der Waals surface area contributed by atoms with Crippen LogP contribution in [0, 0.1) is 13.8 Å². The van der Waals surface area contributed by atoms with Crippen molar-refractivity contribution in [1.29, 1.82) is 0 Å². The molecule has 258 valence electrons. The fourth-order valence-electron chi connectivity index (χ4n) is 6.73. The van der Waals surface area contributed by atoms with Gasteiger partial charge >= 0.3 is 5.97 Å². The number of rotatable bonds is 19. The van der Waals surface area contributed by atoms with Gasteiger partial charge in [-0.05, 0) is 82.5 Å². The fraction of sp³-hybridized carbons (Fsp3) is 0.651. The van der Waals surface area contributed by atoms with E-state index < -0.39 is 0 Å². The maximum absolute atomic E-state index is 13.2. The second kappa shape index (κ2) is 18.7. The molecule has 2 aromatic carbocycles. The quantitative estimate of drug-likeness (QED) is 0.0952. The third-order valence-corrected chi connectivity index (χ3v) is 9.54. The summed E-state index contributed by atoms with van der Waals surface area (Å²) in [6.07, 6.45) is 17.4. The van der Waals surface area contributed by atoms with E-state index in [1.165, 1.54) is 75.3 Å². The number of benzene rings is 2. The van der Waals surface area contributed by atoms with Gasteiger partial charge in [-0.3, -0.25) is 0 Å². The molecule has 0 fully saturated rings. The number of aryl methyl sites for hydroxylation is 2. The lowest BCUT2D eigenvalue weighted by Gasteiger charge is -2.30. The summed E-state index contributed by atoms with van der Waals surface area (Å²) in [6.45, 7) is 26.5. The van der Waals surface area contributed by atoms with E-state index in [2.05, 4.69) is 94.0 Å². The molecule has 0 spiro atoms. The summed E-state index contributed by atoms with van der Waals surface area (Å²) in [5, 5.41) is 10.8. The average molecular weight is 633 g/mol. The second-order valence-corrected chi connectivity index (χ2v) is 15.8. The van der Waals surface area contributed by atoms with Crippen LogP contribution in [0.4, 0.5) is 0 Å². The molecule has 46 heavy (non-hydrogen) atoms. The van der Waals surface area contributed by atoms with Gasteiger partial charge in [0, 0.05) is 5.92 Å². The molecule has 0 aliphatic heterocycles. The van der Waals surface area contributed by atoms with Crippen molar-refractivity contribution in [2.45, 2.75) is 176 Å². The van der Waals surface area contributed by atoms with Crippen LogP contribution in [-0.2, 0) is 20.4 Å². The lowest BCUT2D eigenvalue weighted by Crippen LogP contribution is -2.19. The van der Waals surface area contributed by atoms with E-state index in [4.69, 9.17) is 4.74 Å². The molecule has 1 N–H and O–H groups in total. The highest BCUT2D eigenvalue weighted by molar-refractivity contribution is 6.16. The van der Waals surface area contributed by atoms with Crippen LogP contribution in [0.25, 0.3) is 5.57 Å². The van der Waals surface area contributed by atoms with Crippen LogP contribution in [0.5, 0.6) is 5.75 Å². The number of aromatic hydroxyl groups is 1. The molecular formula is C43H68O3. The number of phenolic OH excluding ortho intramolecular Hbond substituents is 1. The van der Waals surface area contributed by atoms with Crippen LogP contribution in [0.2, 0.25) is 0 Å². The Hall–Kier alpha value is -2.55. The number of phenols is 1. The summed E-state index contributed by atoms with van der Waals surface area (Å²) >= 11 is 0. The highest BCUT2D eigenvalue weighted by Gasteiger charge is 2.28. The summed E-state index contributed by atoms with van der Waals surface area (Å²) in [6, 6.07) is 8.63. The molecule has 0 amide bonds. The van der Waals surface area contributed by atoms with Crippen molar-refractivity contribution in [3.63, 3.8) is 0 Å². The molecule has 0 heterocycles. The van der Waals surface area contributed by atoms with E-state index in [1.807, 2.05) is 6.07 Å². The fourth-order valence-corrected chi connectivity index (χ4v) is 6.73. The lowest BCUT2D eigenvalue weighted by atomic mass is 9.75. The normalized spacial score (nSPS) is 12.7. The Morgan fingerprint density at radius 1 is 0.696 bits per heavy atom. The van der Waals surface area contributed by atoms with Gasteiger partial charge in [-0.2, -0.15) is 0 Å². The van der Waals surface area contributed by atoms with Gasteiger partial charge in [0.25, 0.3) is 0 Å². The molecule has 0 aliphatic rings. The zero-order valence-corrected chi connectivity index (χ0v) is 31.5. The molecule has 0 saturated carbocycles. The highest BCUT2D eigenvalue weighted by atomic mass is 16.5. The Balaban J connectivity index is 2.13. The van der Waals surface area contributed by atoms with Crippen LogP contribution in [-0.4, -0.2) is 17.7 Å². The van der Waals surface area contributed by atoms with E-state index >= 15 is 0 Å². The smallest absolute Gasteiger partial charge is 0.338 e. The summed E-state index contributed by atoms with van der Waals surface area (Å²) in [4.78, 5) is 13.2. The third kappa shape index (κ3) is 11.9. The Bertz CT molecular complexity index is 1250. The monoisotopic (exact) mass is 633 g/mol. The summed E-state index contributed by atoms with van der Waals surface area (Å²) in [7, 11) is 0. The van der Waals surface area contributed by atoms with Gasteiger partial charge in [-0.15, -0.1) is 0 Å². The largest absolute Gasteiger partial charge is 0.508 e. The van der Waals surface area contributed by atoms with Crippen molar-refractivity contribution in [2.24, 2.45) is 0 Å². The Labute approximate surface area is 283 Å². The SMILES string of the molecule is C=C(C(=O)OCCCCCCCCCCCCCC)c1cc(C)c(C(CCC)c2cc(C(C)(C)C)c(O)cc2C)cc1C(C)(C)C. The van der Waals surface area contributed by atoms with Gasteiger partial charge in [-0.25, -0.2) is 4.79 Å². The maximum Gasteiger partial charge on any atom is 0.338 e. The Morgan fingerprint density at radius 2 is 1.15 bits per heavy atom. The minimum absolute atomic E-state index is 0.163. The zero-order chi connectivity index (χ0) is 34.5. The first-order chi connectivity index (χ1) is 21.6. The minimum atomic E-state index is -0.310. The number of carbonyl (C=O) groups excluding carboxylic acids is 1. The molecule has 1 atom stereocenters. The second-order valence-electron chi connectivity index (χ2n) is 15.8. The molecular weight excluding hydrogens is 564 g/mol. The van der Waals surface area contributed by atoms with Gasteiger partial charge in [-0.1, -0.05) is 157 Å². The van der Waals surface area contributed by atoms with E-state index in [9.17, 15) is 9.90 Å². The summed E-state index contributed by atoms with van der Waals surface area (Å²) < 4.78 is 5.75. The van der Waals surface area contributed by atoms with Gasteiger partial charge in [0.1, 0.15) is 5.75 Å². The van der Waals surface area contributed by atoms with Crippen molar-refractivity contribution in [2.75, 3.05) is 6.61 Å². The molecule has 2 rings (SSSR count). The number of esters is 1.